The summed E-state index contributed by atoms with van der Waals surface area (Å²) in [5.41, 5.74) is 0. The summed E-state index contributed by atoms with van der Waals surface area (Å²) in [7, 11) is 0. The molecule has 0 fully saturated rings. The van der Waals surface area contributed by atoms with E-state index >= 15 is 0 Å². The monoisotopic (exact) mass is 313 g/mol. The predicted molar refractivity (Wildman–Crippen MR) is 82.0 cm³/mol. The van der Waals surface area contributed by atoms with E-state index in [2.05, 4.69) is 25.2 Å². The van der Waals surface area contributed by atoms with Gasteiger partial charge in [0.2, 0.25) is 0 Å². The largest absolute Gasteiger partial charge is 0.488 e. The van der Waals surface area contributed by atoms with Crippen LogP contribution in [-0.2, 0) is 13.2 Å². The molecular weight excluding hydrogens is 297 g/mol. The molecule has 1 aromatic heterocycles. The molecule has 108 valence electrons. The van der Waals surface area contributed by atoms with Crippen molar-refractivity contribution in [3.8, 4) is 5.75 Å². The van der Waals surface area contributed by atoms with Crippen LogP contribution in [0.1, 0.15) is 23.6 Å². The molecule has 0 aliphatic carbocycles. The highest BCUT2D eigenvalue weighted by Crippen LogP contribution is 2.23. The number of hydrogen-bond acceptors (Lipinski definition) is 3. The molecule has 20 heavy (non-hydrogen) atoms. The highest BCUT2D eigenvalue weighted by Gasteiger charge is 2.04. The Morgan fingerprint density at radius 1 is 1.25 bits per heavy atom. The molecule has 2 nitrogen and oxygen atoms in total. The van der Waals surface area contributed by atoms with Crippen LogP contribution in [0.4, 0.5) is 4.39 Å². The zero-order valence-corrected chi connectivity index (χ0v) is 13.0. The molecule has 0 amide bonds. The quantitative estimate of drug-likeness (QED) is 0.840. The van der Waals surface area contributed by atoms with Gasteiger partial charge in [-0.25, -0.2) is 4.39 Å². The minimum absolute atomic E-state index is 0.107. The van der Waals surface area contributed by atoms with Gasteiger partial charge in [-0.3, -0.25) is 0 Å². The molecule has 0 unspecified atom stereocenters. The lowest BCUT2D eigenvalue weighted by atomic mass is 10.3. The minimum Gasteiger partial charge on any atom is -0.488 e. The number of hydrogen-bond donors (Lipinski definition) is 1. The van der Waals surface area contributed by atoms with Crippen LogP contribution >= 0.6 is 22.9 Å². The lowest BCUT2D eigenvalue weighted by Crippen LogP contribution is -2.21. The summed E-state index contributed by atoms with van der Waals surface area (Å²) in [6, 6.07) is 9.06. The van der Waals surface area contributed by atoms with Gasteiger partial charge in [0, 0.05) is 28.4 Å². The third kappa shape index (κ3) is 4.47. The maximum Gasteiger partial charge on any atom is 0.145 e. The first-order valence-electron chi connectivity index (χ1n) is 6.43. The van der Waals surface area contributed by atoms with Crippen LogP contribution in [-0.4, -0.2) is 6.04 Å². The average Bonchev–Trinajstić information content (AvgIpc) is 2.86. The lowest BCUT2D eigenvalue weighted by molar-refractivity contribution is 0.308. The molecule has 0 atom stereocenters. The maximum absolute atomic E-state index is 13.3. The Labute approximate surface area is 127 Å². The Kier molecular flexibility index (Phi) is 5.40. The fourth-order valence-corrected chi connectivity index (χ4v) is 2.62. The third-order valence-electron chi connectivity index (χ3n) is 2.67. The van der Waals surface area contributed by atoms with Gasteiger partial charge in [-0.15, -0.1) is 11.3 Å². The van der Waals surface area contributed by atoms with Crippen molar-refractivity contribution < 1.29 is 9.13 Å². The highest BCUT2D eigenvalue weighted by atomic mass is 35.5. The van der Waals surface area contributed by atoms with Crippen molar-refractivity contribution >= 4 is 22.9 Å². The van der Waals surface area contributed by atoms with Gasteiger partial charge in [-0.05, 0) is 24.3 Å². The van der Waals surface area contributed by atoms with E-state index in [9.17, 15) is 4.39 Å². The van der Waals surface area contributed by atoms with Gasteiger partial charge in [0.05, 0.1) is 5.02 Å². The van der Waals surface area contributed by atoms with Crippen LogP contribution in [0.15, 0.2) is 30.3 Å². The summed E-state index contributed by atoms with van der Waals surface area (Å²) >= 11 is 7.32. The van der Waals surface area contributed by atoms with Gasteiger partial charge in [-0.2, -0.15) is 0 Å². The Hall–Kier alpha value is -1.10. The smallest absolute Gasteiger partial charge is 0.145 e. The second-order valence-electron chi connectivity index (χ2n) is 4.77. The van der Waals surface area contributed by atoms with Crippen molar-refractivity contribution in [2.24, 2.45) is 0 Å². The normalized spacial score (nSPS) is 11.1. The molecule has 5 heteroatoms. The van der Waals surface area contributed by atoms with E-state index in [4.69, 9.17) is 16.3 Å². The predicted octanol–water partition coefficient (Wildman–Crippen LogP) is 4.62. The fraction of sp³-hybridized carbons (Fsp3) is 0.333. The topological polar surface area (TPSA) is 21.3 Å². The molecule has 0 aliphatic heterocycles. The van der Waals surface area contributed by atoms with E-state index in [0.29, 0.717) is 18.4 Å². The zero-order chi connectivity index (χ0) is 14.5. The standard InChI is InChI=1S/C15H17ClFNOS/c1-10(2)18-8-12-4-5-13(20-12)9-19-11-3-6-14(16)15(17)7-11/h3-7,10,18H,8-9H2,1-2H3. The van der Waals surface area contributed by atoms with E-state index in [1.54, 1.807) is 17.4 Å². The van der Waals surface area contributed by atoms with Crippen LogP contribution in [0.25, 0.3) is 0 Å². The number of ether oxygens (including phenoxy) is 1. The van der Waals surface area contributed by atoms with Gasteiger partial charge in [0.15, 0.2) is 0 Å². The molecule has 2 aromatic rings. The van der Waals surface area contributed by atoms with Crippen molar-refractivity contribution in [3.63, 3.8) is 0 Å². The number of thiophene rings is 1. The van der Waals surface area contributed by atoms with Crippen molar-refractivity contribution in [1.29, 1.82) is 0 Å². The summed E-state index contributed by atoms with van der Waals surface area (Å²) < 4.78 is 18.8. The molecule has 0 bridgehead atoms. The van der Waals surface area contributed by atoms with Gasteiger partial charge in [0.1, 0.15) is 18.2 Å². The summed E-state index contributed by atoms with van der Waals surface area (Å²) in [4.78, 5) is 2.38. The third-order valence-corrected chi connectivity index (χ3v) is 4.04. The number of benzene rings is 1. The maximum atomic E-state index is 13.3. The first-order valence-corrected chi connectivity index (χ1v) is 7.63. The first kappa shape index (κ1) is 15.3. The Balaban J connectivity index is 1.89. The number of nitrogens with one attached hydrogen (secondary N) is 1. The molecule has 0 radical (unpaired) electrons. The molecule has 0 aliphatic rings. The second-order valence-corrected chi connectivity index (χ2v) is 6.43. The minimum atomic E-state index is -0.461. The van der Waals surface area contributed by atoms with Gasteiger partial charge in [-0.1, -0.05) is 25.4 Å². The van der Waals surface area contributed by atoms with Gasteiger partial charge >= 0.3 is 0 Å². The van der Waals surface area contributed by atoms with Crippen LogP contribution < -0.4 is 10.1 Å². The van der Waals surface area contributed by atoms with Crippen molar-refractivity contribution in [2.75, 3.05) is 0 Å². The van der Waals surface area contributed by atoms with Gasteiger partial charge in [0.25, 0.3) is 0 Å². The summed E-state index contributed by atoms with van der Waals surface area (Å²) in [5, 5.41) is 3.47. The fourth-order valence-electron chi connectivity index (χ4n) is 1.62. The molecule has 0 saturated carbocycles. The Morgan fingerprint density at radius 3 is 2.70 bits per heavy atom. The van der Waals surface area contributed by atoms with E-state index in [-0.39, 0.29) is 5.02 Å². The molecule has 2 rings (SSSR count). The summed E-state index contributed by atoms with van der Waals surface area (Å²) in [6.45, 7) is 5.53. The average molecular weight is 314 g/mol. The zero-order valence-electron chi connectivity index (χ0n) is 11.5. The second kappa shape index (κ2) is 7.07. The van der Waals surface area contributed by atoms with Crippen LogP contribution in [0, 0.1) is 5.82 Å². The summed E-state index contributed by atoms with van der Waals surface area (Å²) in [6.07, 6.45) is 0. The van der Waals surface area contributed by atoms with Crippen molar-refractivity contribution in [2.45, 2.75) is 33.0 Å². The SMILES string of the molecule is CC(C)NCc1ccc(COc2ccc(Cl)c(F)c2)s1. The Bertz CT molecular complexity index is 571. The van der Waals surface area contributed by atoms with Gasteiger partial charge < -0.3 is 10.1 Å². The molecule has 1 heterocycles. The van der Waals surface area contributed by atoms with Crippen LogP contribution in [0.5, 0.6) is 5.75 Å². The van der Waals surface area contributed by atoms with E-state index in [0.717, 1.165) is 11.4 Å². The molecule has 0 spiro atoms. The number of rotatable bonds is 6. The van der Waals surface area contributed by atoms with Crippen molar-refractivity contribution in [3.05, 3.63) is 50.9 Å². The van der Waals surface area contributed by atoms with Crippen LogP contribution in [0.2, 0.25) is 5.02 Å². The van der Waals surface area contributed by atoms with E-state index < -0.39 is 5.82 Å². The molecule has 0 saturated heterocycles. The highest BCUT2D eigenvalue weighted by molar-refractivity contribution is 7.11. The summed E-state index contributed by atoms with van der Waals surface area (Å²) in [5.74, 6) is 0.0272. The van der Waals surface area contributed by atoms with Crippen LogP contribution in [0.3, 0.4) is 0 Å². The lowest BCUT2D eigenvalue weighted by Gasteiger charge is -2.06. The first-order chi connectivity index (χ1) is 9.54. The Morgan fingerprint density at radius 2 is 2.00 bits per heavy atom. The molecule has 1 N–H and O–H groups in total. The van der Waals surface area contributed by atoms with E-state index in [1.807, 2.05) is 6.07 Å². The molecule has 1 aromatic carbocycles. The number of halogens is 2. The van der Waals surface area contributed by atoms with Crippen molar-refractivity contribution in [1.82, 2.24) is 5.32 Å². The molecular formula is C15H17ClFNOS. The van der Waals surface area contributed by atoms with E-state index in [1.165, 1.54) is 17.0 Å².